The largest absolute Gasteiger partial charge is 0.673 e. The smallest absolute Gasteiger partial charge is 0.418 e. The average Bonchev–Trinajstić information content (AvgIpc) is 3.10. The second kappa shape index (κ2) is 7.52. The highest BCUT2D eigenvalue weighted by Crippen LogP contribution is 2.40. The summed E-state index contributed by atoms with van der Waals surface area (Å²) in [6.07, 6.45) is -0.302. The van der Waals surface area contributed by atoms with E-state index >= 15 is 0 Å². The summed E-state index contributed by atoms with van der Waals surface area (Å²) in [5.41, 5.74) is -1.61. The third-order valence-electron chi connectivity index (χ3n) is 4.17. The van der Waals surface area contributed by atoms with Crippen LogP contribution in [0, 0.1) is 34.5 Å². The summed E-state index contributed by atoms with van der Waals surface area (Å²) in [6, 6.07) is -0.363. The number of alkyl halides is 1. The van der Waals surface area contributed by atoms with Crippen molar-refractivity contribution in [1.29, 1.82) is 0 Å². The third kappa shape index (κ3) is 4.66. The first-order chi connectivity index (χ1) is 13.0. The highest BCUT2D eigenvalue weighted by atomic mass is 19.5. The predicted molar refractivity (Wildman–Crippen MR) is 80.7 cm³/mol. The predicted octanol–water partition coefficient (Wildman–Crippen LogP) is 5.16. The van der Waals surface area contributed by atoms with E-state index in [0.717, 1.165) is 6.33 Å². The Labute approximate surface area is 158 Å². The van der Waals surface area contributed by atoms with Gasteiger partial charge in [0, 0.05) is 11.5 Å². The molecule has 0 amide bonds. The van der Waals surface area contributed by atoms with Crippen molar-refractivity contribution in [2.45, 2.75) is 39.4 Å². The maximum atomic E-state index is 14.2. The Kier molecular flexibility index (Phi) is 5.97. The molecule has 0 N–H and O–H groups in total. The molecule has 0 aliphatic carbocycles. The number of rotatable bonds is 1. The molecule has 162 valence electrons. The molecule has 0 fully saturated rings. The Hall–Kier alpha value is -2.28. The SMILES string of the molecule is CC(C)(C)[C@H]1C[C@@H](F)c2nn(-c3c(F)c(F)c(F)c(F)c3F)c[n+]21.F[B-](F)(F)F. The molecule has 14 heteroatoms. The van der Waals surface area contributed by atoms with Crippen LogP contribution in [-0.4, -0.2) is 17.0 Å². The molecule has 0 saturated heterocycles. The van der Waals surface area contributed by atoms with Gasteiger partial charge in [0.15, 0.2) is 6.17 Å². The lowest BCUT2D eigenvalue weighted by Gasteiger charge is -2.24. The Morgan fingerprint density at radius 3 is 1.76 bits per heavy atom. The molecular weight excluding hydrogens is 423 g/mol. The third-order valence-corrected chi connectivity index (χ3v) is 4.17. The van der Waals surface area contributed by atoms with Crippen LogP contribution in [-0.2, 0) is 0 Å². The van der Waals surface area contributed by atoms with Crippen molar-refractivity contribution in [2.24, 2.45) is 5.41 Å². The van der Waals surface area contributed by atoms with Crippen LogP contribution < -0.4 is 4.57 Å². The van der Waals surface area contributed by atoms with E-state index in [0.29, 0.717) is 4.68 Å². The quantitative estimate of drug-likeness (QED) is 0.199. The fraction of sp³-hybridized carbons (Fsp3) is 0.467. The Bertz CT molecular complexity index is 884. The first-order valence-electron chi connectivity index (χ1n) is 8.08. The van der Waals surface area contributed by atoms with E-state index in [4.69, 9.17) is 0 Å². The minimum absolute atomic E-state index is 0.112. The molecule has 1 aliphatic rings. The van der Waals surface area contributed by atoms with Crippen LogP contribution in [0.2, 0.25) is 0 Å². The molecule has 1 aromatic heterocycles. The second-order valence-corrected chi connectivity index (χ2v) is 7.32. The number of fused-ring (bicyclic) bond motifs is 1. The van der Waals surface area contributed by atoms with Crippen molar-refractivity contribution in [3.05, 3.63) is 41.2 Å². The fourth-order valence-electron chi connectivity index (χ4n) is 2.92. The summed E-state index contributed by atoms with van der Waals surface area (Å²) in [4.78, 5) is 0. The second-order valence-electron chi connectivity index (χ2n) is 7.32. The number of aromatic nitrogens is 3. The minimum atomic E-state index is -6.00. The van der Waals surface area contributed by atoms with Gasteiger partial charge >= 0.3 is 13.1 Å². The molecule has 0 radical (unpaired) electrons. The monoisotopic (exact) mass is 437 g/mol. The van der Waals surface area contributed by atoms with Gasteiger partial charge in [-0.25, -0.2) is 22.1 Å². The zero-order valence-corrected chi connectivity index (χ0v) is 15.1. The first-order valence-corrected chi connectivity index (χ1v) is 8.08. The van der Waals surface area contributed by atoms with Crippen molar-refractivity contribution in [1.82, 2.24) is 9.78 Å². The summed E-state index contributed by atoms with van der Waals surface area (Å²) >= 11 is 0. The molecule has 3 rings (SSSR count). The Balaban J connectivity index is 0.000000537. The van der Waals surface area contributed by atoms with Crippen LogP contribution in [0.5, 0.6) is 0 Å². The Morgan fingerprint density at radius 1 is 0.931 bits per heavy atom. The van der Waals surface area contributed by atoms with E-state index in [2.05, 4.69) is 5.10 Å². The van der Waals surface area contributed by atoms with Crippen molar-refractivity contribution in [2.75, 3.05) is 0 Å². The van der Waals surface area contributed by atoms with E-state index in [1.165, 1.54) is 4.57 Å². The van der Waals surface area contributed by atoms with Gasteiger partial charge in [-0.15, -0.1) is 0 Å². The van der Waals surface area contributed by atoms with Gasteiger partial charge in [-0.3, -0.25) is 0 Å². The number of hydrogen-bond donors (Lipinski definition) is 0. The molecule has 2 heterocycles. The number of hydrogen-bond acceptors (Lipinski definition) is 1. The van der Waals surface area contributed by atoms with E-state index in [1.807, 2.05) is 20.8 Å². The summed E-state index contributed by atoms with van der Waals surface area (Å²) in [6.45, 7) is 5.55. The lowest BCUT2D eigenvalue weighted by molar-refractivity contribution is -0.729. The van der Waals surface area contributed by atoms with Crippen LogP contribution in [0.15, 0.2) is 6.33 Å². The van der Waals surface area contributed by atoms with Gasteiger partial charge in [0.1, 0.15) is 0 Å². The minimum Gasteiger partial charge on any atom is -0.418 e. The van der Waals surface area contributed by atoms with E-state index in [9.17, 15) is 43.6 Å². The lowest BCUT2D eigenvalue weighted by Crippen LogP contribution is -2.43. The van der Waals surface area contributed by atoms with Crippen LogP contribution in [0.25, 0.3) is 5.69 Å². The van der Waals surface area contributed by atoms with Crippen LogP contribution in [0.1, 0.15) is 45.2 Å². The molecule has 0 spiro atoms. The van der Waals surface area contributed by atoms with Gasteiger partial charge in [0.2, 0.25) is 41.1 Å². The topological polar surface area (TPSA) is 21.7 Å². The molecule has 3 nitrogen and oxygen atoms in total. The average molecular weight is 437 g/mol. The van der Waals surface area contributed by atoms with E-state index < -0.39 is 48.2 Å². The molecule has 2 aromatic rings. The maximum Gasteiger partial charge on any atom is 0.673 e. The summed E-state index contributed by atoms with van der Waals surface area (Å²) in [7, 11) is -6.00. The standard InChI is InChI=1S/C15H14F6N3.BF4/c1-15(2,3)7-4-6(16)14-22-24(5-23(7)14)13-11(20)9(18)8(17)10(19)12(13)21;2-1(3,4)5/h5-7H,4H2,1-3H3;/q+1;-1/t6-,7-;/m1./s1. The van der Waals surface area contributed by atoms with Crippen molar-refractivity contribution < 1.29 is 48.2 Å². The molecule has 0 saturated carbocycles. The van der Waals surface area contributed by atoms with Crippen molar-refractivity contribution >= 4 is 7.25 Å². The summed E-state index contributed by atoms with van der Waals surface area (Å²) in [5.74, 6) is -10.6. The fourth-order valence-corrected chi connectivity index (χ4v) is 2.92. The van der Waals surface area contributed by atoms with E-state index in [-0.39, 0.29) is 23.7 Å². The molecule has 1 aliphatic heterocycles. The molecular formula is C15H14BF10N3. The van der Waals surface area contributed by atoms with Crippen LogP contribution in [0.4, 0.5) is 43.6 Å². The maximum absolute atomic E-state index is 14.2. The van der Waals surface area contributed by atoms with Crippen LogP contribution in [0.3, 0.4) is 0 Å². The Morgan fingerprint density at radius 2 is 1.34 bits per heavy atom. The molecule has 2 atom stereocenters. The highest BCUT2D eigenvalue weighted by molar-refractivity contribution is 6.50. The first kappa shape index (κ1) is 23.0. The number of benzene rings is 1. The summed E-state index contributed by atoms with van der Waals surface area (Å²) in [5, 5.41) is 3.71. The molecule has 29 heavy (non-hydrogen) atoms. The zero-order valence-electron chi connectivity index (χ0n) is 15.1. The summed E-state index contributed by atoms with van der Waals surface area (Å²) < 4.78 is 123. The van der Waals surface area contributed by atoms with Gasteiger partial charge in [-0.05, 0) is 5.41 Å². The molecule has 1 aromatic carbocycles. The molecule has 0 unspecified atom stereocenters. The van der Waals surface area contributed by atoms with Crippen molar-refractivity contribution in [3.63, 3.8) is 0 Å². The van der Waals surface area contributed by atoms with E-state index in [1.54, 1.807) is 0 Å². The lowest BCUT2D eigenvalue weighted by atomic mass is 9.85. The van der Waals surface area contributed by atoms with Gasteiger partial charge in [-0.2, -0.15) is 8.78 Å². The van der Waals surface area contributed by atoms with Gasteiger partial charge in [0.25, 0.3) is 0 Å². The molecule has 0 bridgehead atoms. The zero-order chi connectivity index (χ0) is 22.5. The van der Waals surface area contributed by atoms with Crippen molar-refractivity contribution in [3.8, 4) is 5.69 Å². The number of nitrogens with zero attached hydrogens (tertiary/aromatic N) is 3. The highest BCUT2D eigenvalue weighted by Gasteiger charge is 2.46. The van der Waals surface area contributed by atoms with Gasteiger partial charge in [-0.1, -0.05) is 25.5 Å². The number of halogens is 10. The van der Waals surface area contributed by atoms with Gasteiger partial charge < -0.3 is 17.3 Å². The van der Waals surface area contributed by atoms with Gasteiger partial charge in [0.05, 0.1) is 6.04 Å². The van der Waals surface area contributed by atoms with Crippen LogP contribution >= 0.6 is 0 Å². The normalized spacial score (nSPS) is 19.1.